The Morgan fingerprint density at radius 2 is 1.54 bits per heavy atom. The number of ether oxygens (including phenoxy) is 2. The quantitative estimate of drug-likeness (QED) is 0.554. The van der Waals surface area contributed by atoms with E-state index in [1.54, 1.807) is 30.3 Å². The Labute approximate surface area is 153 Å². The second-order valence-electron chi connectivity index (χ2n) is 4.71. The molecule has 0 bridgehead atoms. The van der Waals surface area contributed by atoms with Gasteiger partial charge in [0.15, 0.2) is 11.5 Å². The molecule has 0 spiro atoms. The molecule has 6 nitrogen and oxygen atoms in total. The fourth-order valence-corrected chi connectivity index (χ4v) is 2.30. The number of nitrogens with one attached hydrogen (secondary N) is 2. The number of carbonyl (C=O) groups is 2. The van der Waals surface area contributed by atoms with Crippen LogP contribution in [0.3, 0.4) is 0 Å². The molecule has 2 aromatic rings. The van der Waals surface area contributed by atoms with Crippen LogP contribution in [-0.2, 0) is 0 Å². The van der Waals surface area contributed by atoms with Gasteiger partial charge >= 0.3 is 0 Å². The number of amides is 2. The number of halogens is 1. The fourth-order valence-electron chi connectivity index (χ4n) is 1.94. The topological polar surface area (TPSA) is 76.7 Å². The number of benzene rings is 2. The molecule has 2 amide bonds. The Morgan fingerprint density at radius 1 is 0.958 bits per heavy atom. The van der Waals surface area contributed by atoms with Crippen molar-refractivity contribution in [2.45, 2.75) is 6.92 Å². The zero-order chi connectivity index (χ0) is 17.5. The Morgan fingerprint density at radius 3 is 2.12 bits per heavy atom. The second-order valence-corrected chi connectivity index (χ2v) is 5.96. The van der Waals surface area contributed by atoms with Crippen molar-refractivity contribution in [3.8, 4) is 11.5 Å². The summed E-state index contributed by atoms with van der Waals surface area (Å²) in [6.07, 6.45) is 0. The van der Waals surface area contributed by atoms with Crippen molar-refractivity contribution in [1.82, 2.24) is 10.9 Å². The molecule has 2 rings (SSSR count). The minimum atomic E-state index is -0.449. The molecular weight excluding hydrogens is 423 g/mol. The first-order chi connectivity index (χ1) is 11.5. The predicted molar refractivity (Wildman–Crippen MR) is 98.3 cm³/mol. The van der Waals surface area contributed by atoms with Gasteiger partial charge in [-0.05, 0) is 72.0 Å². The molecule has 0 aromatic heterocycles. The van der Waals surface area contributed by atoms with E-state index in [4.69, 9.17) is 9.47 Å². The number of hydrazine groups is 1. The summed E-state index contributed by atoms with van der Waals surface area (Å²) in [5.41, 5.74) is 5.56. The molecule has 7 heteroatoms. The van der Waals surface area contributed by atoms with E-state index in [-0.39, 0.29) is 0 Å². The summed E-state index contributed by atoms with van der Waals surface area (Å²) in [4.78, 5) is 24.1. The molecule has 0 heterocycles. The van der Waals surface area contributed by atoms with Gasteiger partial charge in [-0.2, -0.15) is 0 Å². The maximum Gasteiger partial charge on any atom is 0.269 e. The van der Waals surface area contributed by atoms with Gasteiger partial charge < -0.3 is 9.47 Å². The van der Waals surface area contributed by atoms with E-state index in [0.717, 1.165) is 3.57 Å². The zero-order valence-corrected chi connectivity index (χ0v) is 15.4. The molecule has 0 aliphatic carbocycles. The standard InChI is InChI=1S/C17H17IN2O4/c1-3-24-14-9-6-12(10-15(14)23-2)17(22)20-19-16(21)11-4-7-13(18)8-5-11/h4-10H,3H2,1-2H3,(H,19,21)(H,20,22). The Bertz CT molecular complexity index is 732. The van der Waals surface area contributed by atoms with Crippen molar-refractivity contribution in [1.29, 1.82) is 0 Å². The summed E-state index contributed by atoms with van der Waals surface area (Å²) in [7, 11) is 1.50. The highest BCUT2D eigenvalue weighted by Gasteiger charge is 2.12. The van der Waals surface area contributed by atoms with Gasteiger partial charge in [0.05, 0.1) is 13.7 Å². The van der Waals surface area contributed by atoms with Crippen LogP contribution in [0.4, 0.5) is 0 Å². The lowest BCUT2D eigenvalue weighted by molar-refractivity contribution is 0.0846. The highest BCUT2D eigenvalue weighted by atomic mass is 127. The van der Waals surface area contributed by atoms with Gasteiger partial charge in [-0.3, -0.25) is 20.4 Å². The molecule has 24 heavy (non-hydrogen) atoms. The van der Waals surface area contributed by atoms with Gasteiger partial charge in [-0.25, -0.2) is 0 Å². The minimum Gasteiger partial charge on any atom is -0.493 e. The van der Waals surface area contributed by atoms with Crippen LogP contribution < -0.4 is 20.3 Å². The van der Waals surface area contributed by atoms with Crippen molar-refractivity contribution < 1.29 is 19.1 Å². The van der Waals surface area contributed by atoms with Crippen LogP contribution >= 0.6 is 22.6 Å². The average molecular weight is 440 g/mol. The molecule has 0 saturated heterocycles. The maximum absolute atomic E-state index is 12.1. The monoisotopic (exact) mass is 440 g/mol. The lowest BCUT2D eigenvalue weighted by Crippen LogP contribution is -2.41. The number of hydrogen-bond donors (Lipinski definition) is 2. The second kappa shape index (κ2) is 8.53. The first-order valence-electron chi connectivity index (χ1n) is 7.22. The first-order valence-corrected chi connectivity index (χ1v) is 8.30. The molecule has 2 N–H and O–H groups in total. The summed E-state index contributed by atoms with van der Waals surface area (Å²) in [5, 5.41) is 0. The highest BCUT2D eigenvalue weighted by Crippen LogP contribution is 2.27. The molecule has 126 valence electrons. The van der Waals surface area contributed by atoms with E-state index in [1.165, 1.54) is 7.11 Å². The Hall–Kier alpha value is -2.29. The molecule has 0 aliphatic rings. The van der Waals surface area contributed by atoms with Crippen LogP contribution in [0.15, 0.2) is 42.5 Å². The van der Waals surface area contributed by atoms with E-state index >= 15 is 0 Å². The number of hydrogen-bond acceptors (Lipinski definition) is 4. The Balaban J connectivity index is 2.01. The third-order valence-electron chi connectivity index (χ3n) is 3.12. The van der Waals surface area contributed by atoms with E-state index in [9.17, 15) is 9.59 Å². The SMILES string of the molecule is CCOc1ccc(C(=O)NNC(=O)c2ccc(I)cc2)cc1OC. The van der Waals surface area contributed by atoms with E-state index in [0.29, 0.717) is 29.2 Å². The maximum atomic E-state index is 12.1. The van der Waals surface area contributed by atoms with Gasteiger partial charge in [0.1, 0.15) is 0 Å². The Kier molecular flexibility index (Phi) is 6.42. The third kappa shape index (κ3) is 4.60. The van der Waals surface area contributed by atoms with Crippen molar-refractivity contribution in [2.24, 2.45) is 0 Å². The zero-order valence-electron chi connectivity index (χ0n) is 13.3. The molecule has 0 unspecified atom stereocenters. The van der Waals surface area contributed by atoms with Crippen LogP contribution in [0.5, 0.6) is 11.5 Å². The van der Waals surface area contributed by atoms with Crippen molar-refractivity contribution in [2.75, 3.05) is 13.7 Å². The van der Waals surface area contributed by atoms with Gasteiger partial charge in [0, 0.05) is 14.7 Å². The van der Waals surface area contributed by atoms with Gasteiger partial charge in [-0.1, -0.05) is 0 Å². The molecule has 0 saturated carbocycles. The summed E-state index contributed by atoms with van der Waals surface area (Å²) >= 11 is 2.15. The largest absolute Gasteiger partial charge is 0.493 e. The van der Waals surface area contributed by atoms with Crippen molar-refractivity contribution in [3.63, 3.8) is 0 Å². The van der Waals surface area contributed by atoms with Crippen LogP contribution in [0.2, 0.25) is 0 Å². The summed E-state index contributed by atoms with van der Waals surface area (Å²) in [6.45, 7) is 2.36. The normalized spacial score (nSPS) is 9.96. The highest BCUT2D eigenvalue weighted by molar-refractivity contribution is 14.1. The fraction of sp³-hybridized carbons (Fsp3) is 0.176. The summed E-state index contributed by atoms with van der Waals surface area (Å²) < 4.78 is 11.6. The first kappa shape index (κ1) is 18.1. The van der Waals surface area contributed by atoms with Gasteiger partial charge in [0.2, 0.25) is 0 Å². The number of methoxy groups -OCH3 is 1. The molecule has 0 aliphatic heterocycles. The number of carbonyl (C=O) groups excluding carboxylic acids is 2. The van der Waals surface area contributed by atoms with Crippen molar-refractivity contribution in [3.05, 3.63) is 57.2 Å². The van der Waals surface area contributed by atoms with Crippen molar-refractivity contribution >= 4 is 34.4 Å². The van der Waals surface area contributed by atoms with E-state index in [1.807, 2.05) is 19.1 Å². The van der Waals surface area contributed by atoms with Crippen LogP contribution in [-0.4, -0.2) is 25.5 Å². The molecule has 0 radical (unpaired) electrons. The van der Waals surface area contributed by atoms with E-state index < -0.39 is 11.8 Å². The predicted octanol–water partition coefficient (Wildman–Crippen LogP) is 2.77. The smallest absolute Gasteiger partial charge is 0.269 e. The molecule has 0 fully saturated rings. The molecule has 0 atom stereocenters. The van der Waals surface area contributed by atoms with Crippen LogP contribution in [0.25, 0.3) is 0 Å². The van der Waals surface area contributed by atoms with Crippen LogP contribution in [0, 0.1) is 3.57 Å². The summed E-state index contributed by atoms with van der Waals surface area (Å²) in [6, 6.07) is 11.8. The minimum absolute atomic E-state index is 0.346. The molecular formula is C17H17IN2O4. The average Bonchev–Trinajstić information content (AvgIpc) is 2.60. The van der Waals surface area contributed by atoms with E-state index in [2.05, 4.69) is 33.4 Å². The summed E-state index contributed by atoms with van der Waals surface area (Å²) in [5.74, 6) is 0.167. The van der Waals surface area contributed by atoms with Gasteiger partial charge in [-0.15, -0.1) is 0 Å². The number of rotatable bonds is 5. The third-order valence-corrected chi connectivity index (χ3v) is 3.84. The molecule has 2 aromatic carbocycles. The lowest BCUT2D eigenvalue weighted by atomic mass is 10.2. The van der Waals surface area contributed by atoms with Gasteiger partial charge in [0.25, 0.3) is 11.8 Å². The lowest BCUT2D eigenvalue weighted by Gasteiger charge is -2.11. The van der Waals surface area contributed by atoms with Crippen LogP contribution in [0.1, 0.15) is 27.6 Å².